The molecule has 1 amide bonds. The van der Waals surface area contributed by atoms with Crippen molar-refractivity contribution < 1.29 is 9.36 Å². The maximum absolute atomic E-state index is 13.4. The van der Waals surface area contributed by atoms with E-state index in [0.717, 1.165) is 16.7 Å². The van der Waals surface area contributed by atoms with Crippen LogP contribution in [0.2, 0.25) is 0 Å². The zero-order valence-corrected chi connectivity index (χ0v) is 18.5. The smallest absolute Gasteiger partial charge is 0.278 e. The highest BCUT2D eigenvalue weighted by Gasteiger charge is 2.25. The third-order valence-corrected chi connectivity index (χ3v) is 5.69. The van der Waals surface area contributed by atoms with Crippen molar-refractivity contribution in [2.45, 2.75) is 20.0 Å². The highest BCUT2D eigenvalue weighted by molar-refractivity contribution is 6.00. The van der Waals surface area contributed by atoms with E-state index in [0.29, 0.717) is 23.2 Å². The van der Waals surface area contributed by atoms with Crippen molar-refractivity contribution in [1.82, 2.24) is 24.7 Å². The van der Waals surface area contributed by atoms with Crippen molar-refractivity contribution in [1.29, 1.82) is 0 Å². The number of amides is 1. The third kappa shape index (κ3) is 3.83. The number of nitrogens with two attached hydrogens (primary N) is 1. The van der Waals surface area contributed by atoms with E-state index in [1.165, 1.54) is 10.5 Å². The van der Waals surface area contributed by atoms with E-state index < -0.39 is 0 Å². The molecule has 0 saturated heterocycles. The Labute approximate surface area is 194 Å². The quantitative estimate of drug-likeness (QED) is 0.310. The molecule has 9 heteroatoms. The number of carbonyl (C=O) groups is 1. The highest BCUT2D eigenvalue weighted by atomic mass is 16.1. The van der Waals surface area contributed by atoms with Gasteiger partial charge in [0.2, 0.25) is 11.5 Å². The first-order chi connectivity index (χ1) is 16.5. The van der Waals surface area contributed by atoms with Gasteiger partial charge in [0, 0.05) is 43.1 Å². The molecule has 0 saturated carbocycles. The first-order valence-corrected chi connectivity index (χ1v) is 10.7. The van der Waals surface area contributed by atoms with E-state index in [2.05, 4.69) is 15.3 Å². The van der Waals surface area contributed by atoms with Gasteiger partial charge in [-0.05, 0) is 48.4 Å². The summed E-state index contributed by atoms with van der Waals surface area (Å²) in [6.07, 6.45) is 8.38. The molecule has 5 rings (SSSR count). The Kier molecular flexibility index (Phi) is 5.43. The van der Waals surface area contributed by atoms with Crippen molar-refractivity contribution in [2.24, 2.45) is 0 Å². The van der Waals surface area contributed by atoms with Crippen LogP contribution >= 0.6 is 0 Å². The topological polar surface area (TPSA) is 119 Å². The largest absolute Gasteiger partial charge is 0.348 e. The molecule has 0 radical (unpaired) electrons. The Bertz CT molecular complexity index is 1580. The lowest BCUT2D eigenvalue weighted by Gasteiger charge is -2.13. The minimum Gasteiger partial charge on any atom is -0.348 e. The molecule has 0 fully saturated rings. The molecule has 0 aliphatic carbocycles. The molecule has 5 heterocycles. The fourth-order valence-electron chi connectivity index (χ4n) is 3.90. The summed E-state index contributed by atoms with van der Waals surface area (Å²) in [5.74, 6) is -0.168. The van der Waals surface area contributed by atoms with Crippen molar-refractivity contribution in [3.05, 3.63) is 106 Å². The lowest BCUT2D eigenvalue weighted by atomic mass is 10.1. The number of anilines is 1. The summed E-state index contributed by atoms with van der Waals surface area (Å²) in [5.41, 5.74) is 10.0. The number of pyridine rings is 4. The van der Waals surface area contributed by atoms with Gasteiger partial charge in [-0.2, -0.15) is 0 Å². The monoisotopic (exact) mass is 452 g/mol. The van der Waals surface area contributed by atoms with Crippen molar-refractivity contribution in [3.63, 3.8) is 0 Å². The Morgan fingerprint density at radius 1 is 1.09 bits per heavy atom. The molecule has 0 atom stereocenters. The molecule has 5 aromatic rings. The van der Waals surface area contributed by atoms with Crippen LogP contribution < -0.4 is 21.2 Å². The van der Waals surface area contributed by atoms with Crippen LogP contribution in [0.4, 0.5) is 5.82 Å². The van der Waals surface area contributed by atoms with E-state index in [9.17, 15) is 9.59 Å². The number of nitrogens with one attached hydrogen (secondary N) is 1. The second-order valence-electron chi connectivity index (χ2n) is 7.97. The van der Waals surface area contributed by atoms with Gasteiger partial charge in [0.05, 0.1) is 6.54 Å². The number of nitrogen functional groups attached to an aromatic ring is 1. The predicted octanol–water partition coefficient (Wildman–Crippen LogP) is 1.79. The zero-order valence-electron chi connectivity index (χ0n) is 18.5. The van der Waals surface area contributed by atoms with Crippen LogP contribution in [0.15, 0.2) is 78.2 Å². The van der Waals surface area contributed by atoms with Gasteiger partial charge in [-0.25, -0.2) is 4.57 Å². The lowest BCUT2D eigenvalue weighted by Crippen LogP contribution is -2.43. The van der Waals surface area contributed by atoms with Gasteiger partial charge in [-0.3, -0.25) is 24.0 Å². The van der Waals surface area contributed by atoms with Crippen LogP contribution in [0.3, 0.4) is 0 Å². The van der Waals surface area contributed by atoms with Gasteiger partial charge in [0.15, 0.2) is 0 Å². The van der Waals surface area contributed by atoms with Gasteiger partial charge in [-0.15, -0.1) is 0 Å². The van der Waals surface area contributed by atoms with E-state index in [4.69, 9.17) is 10.7 Å². The summed E-state index contributed by atoms with van der Waals surface area (Å²) in [6, 6.07) is 12.6. The number of carbonyl (C=O) groups excluding carboxylic acids is 1. The van der Waals surface area contributed by atoms with Gasteiger partial charge >= 0.3 is 0 Å². The molecule has 34 heavy (non-hydrogen) atoms. The average molecular weight is 452 g/mol. The summed E-state index contributed by atoms with van der Waals surface area (Å²) in [6.45, 7) is 2.50. The number of hydrogen-bond donors (Lipinski definition) is 2. The number of aryl methyl sites for hydroxylation is 1. The molecule has 0 aliphatic heterocycles. The van der Waals surface area contributed by atoms with Gasteiger partial charge < -0.3 is 11.1 Å². The van der Waals surface area contributed by atoms with Crippen molar-refractivity contribution in [3.8, 4) is 0 Å². The van der Waals surface area contributed by atoms with Crippen LogP contribution in [0.1, 0.15) is 27.0 Å². The fraction of sp³-hybridized carbons (Fsp3) is 0.120. The predicted molar refractivity (Wildman–Crippen MR) is 127 cm³/mol. The van der Waals surface area contributed by atoms with Crippen LogP contribution in [0.25, 0.3) is 16.7 Å². The maximum atomic E-state index is 13.4. The SMILES string of the molecule is Cc1cccn2c(=O)c3cc(C(=O)NCc4cccnc4)c(N)[n+](Cc4ccncc4)c3nc12. The molecule has 0 bridgehead atoms. The Hall–Kier alpha value is -4.66. The summed E-state index contributed by atoms with van der Waals surface area (Å²) in [7, 11) is 0. The molecule has 0 aromatic carbocycles. The Morgan fingerprint density at radius 2 is 1.91 bits per heavy atom. The van der Waals surface area contributed by atoms with Gasteiger partial charge in [0.25, 0.3) is 17.1 Å². The van der Waals surface area contributed by atoms with E-state index >= 15 is 0 Å². The van der Waals surface area contributed by atoms with Crippen molar-refractivity contribution >= 4 is 28.4 Å². The summed E-state index contributed by atoms with van der Waals surface area (Å²) < 4.78 is 3.19. The third-order valence-electron chi connectivity index (χ3n) is 5.69. The van der Waals surface area contributed by atoms with E-state index in [1.54, 1.807) is 47.7 Å². The number of rotatable bonds is 5. The molecular weight excluding hydrogens is 430 g/mol. The van der Waals surface area contributed by atoms with E-state index in [-0.39, 0.29) is 29.4 Å². The first-order valence-electron chi connectivity index (χ1n) is 10.7. The number of fused-ring (bicyclic) bond motifs is 2. The second kappa shape index (κ2) is 8.70. The Balaban J connectivity index is 1.69. The zero-order chi connectivity index (χ0) is 23.7. The highest BCUT2D eigenvalue weighted by Crippen LogP contribution is 2.17. The molecule has 0 aliphatic rings. The summed E-state index contributed by atoms with van der Waals surface area (Å²) >= 11 is 0. The Morgan fingerprint density at radius 3 is 2.68 bits per heavy atom. The molecule has 0 unspecified atom stereocenters. The molecule has 9 nitrogen and oxygen atoms in total. The standard InChI is InChI=1S/C25H21N7O2/c1-16-4-3-11-31-22(16)30-23-20(25(31)34)12-19(24(33)29-14-18-5-2-8-28-13-18)21(26)32(23)15-17-6-9-27-10-7-17/h2-13,26H,14-15H2,1H3,(H,29,33)/p+1. The van der Waals surface area contributed by atoms with Gasteiger partial charge in [-0.1, -0.05) is 17.1 Å². The van der Waals surface area contributed by atoms with E-state index in [1.807, 2.05) is 31.2 Å². The minimum absolute atomic E-state index is 0.206. The molecular formula is C25H22N7O2+. The molecule has 5 aromatic heterocycles. The fourth-order valence-corrected chi connectivity index (χ4v) is 3.90. The van der Waals surface area contributed by atoms with Crippen molar-refractivity contribution in [2.75, 3.05) is 5.73 Å². The average Bonchev–Trinajstić information content (AvgIpc) is 2.86. The van der Waals surface area contributed by atoms with Crippen LogP contribution in [-0.2, 0) is 13.1 Å². The van der Waals surface area contributed by atoms with Crippen LogP contribution in [0, 0.1) is 6.92 Å². The second-order valence-corrected chi connectivity index (χ2v) is 7.97. The van der Waals surface area contributed by atoms with Crippen LogP contribution in [0.5, 0.6) is 0 Å². The number of nitrogens with zero attached hydrogens (tertiary/aromatic N) is 5. The molecule has 0 spiro atoms. The molecule has 168 valence electrons. The van der Waals surface area contributed by atoms with Crippen LogP contribution in [-0.4, -0.2) is 25.3 Å². The lowest BCUT2D eigenvalue weighted by molar-refractivity contribution is -0.649. The maximum Gasteiger partial charge on any atom is 0.278 e. The summed E-state index contributed by atoms with van der Waals surface area (Å²) in [4.78, 5) is 39.5. The van der Waals surface area contributed by atoms with Gasteiger partial charge in [0.1, 0.15) is 10.9 Å². The number of aromatic nitrogens is 5. The number of hydrogen-bond acceptors (Lipinski definition) is 6. The normalized spacial score (nSPS) is 11.1. The first kappa shape index (κ1) is 21.2. The molecule has 3 N–H and O–H groups in total. The minimum atomic E-state index is -0.388. The summed E-state index contributed by atoms with van der Waals surface area (Å²) in [5, 5.41) is 3.17.